The maximum absolute atomic E-state index is 13.2. The van der Waals surface area contributed by atoms with Gasteiger partial charge in [0.15, 0.2) is 5.82 Å². The van der Waals surface area contributed by atoms with Crippen LogP contribution in [0.2, 0.25) is 0 Å². The van der Waals surface area contributed by atoms with Gasteiger partial charge in [0.05, 0.1) is 16.5 Å². The summed E-state index contributed by atoms with van der Waals surface area (Å²) >= 11 is 0. The van der Waals surface area contributed by atoms with Crippen molar-refractivity contribution in [1.82, 2.24) is 29.4 Å². The highest BCUT2D eigenvalue weighted by Crippen LogP contribution is 2.40. The highest BCUT2D eigenvalue weighted by molar-refractivity contribution is 7.89. The molecule has 1 saturated carbocycles. The average Bonchev–Trinajstić information content (AvgIpc) is 3.40. The maximum atomic E-state index is 13.2. The van der Waals surface area contributed by atoms with E-state index in [1.54, 1.807) is 0 Å². The minimum atomic E-state index is -3.72. The van der Waals surface area contributed by atoms with Crippen molar-refractivity contribution in [2.24, 2.45) is 0 Å². The van der Waals surface area contributed by atoms with Crippen LogP contribution in [0.3, 0.4) is 0 Å². The molecular formula is C18H25FN6O2S. The van der Waals surface area contributed by atoms with Crippen molar-refractivity contribution < 1.29 is 12.8 Å². The minimum Gasteiger partial charge on any atom is -0.296 e. The van der Waals surface area contributed by atoms with Crippen LogP contribution >= 0.6 is 0 Å². The Labute approximate surface area is 164 Å². The monoisotopic (exact) mass is 408 g/mol. The van der Waals surface area contributed by atoms with Gasteiger partial charge in [-0.3, -0.25) is 4.90 Å². The lowest BCUT2D eigenvalue weighted by Gasteiger charge is -2.35. The molecule has 1 aliphatic heterocycles. The Hall–Kier alpha value is -1.91. The molecule has 152 valence electrons. The van der Waals surface area contributed by atoms with Crippen LogP contribution < -0.4 is 0 Å². The summed E-state index contributed by atoms with van der Waals surface area (Å²) in [7, 11) is 0.144. The zero-order valence-corrected chi connectivity index (χ0v) is 16.9. The van der Waals surface area contributed by atoms with E-state index in [1.807, 2.05) is 23.7 Å². The first kappa shape index (κ1) is 19.4. The largest absolute Gasteiger partial charge is 0.296 e. The summed E-state index contributed by atoms with van der Waals surface area (Å²) in [4.78, 5) is 2.11. The molecule has 1 atom stereocenters. The number of likely N-dealkylation sites (N-methyl/N-ethyl adjacent to an activating group) is 1. The van der Waals surface area contributed by atoms with Gasteiger partial charge in [-0.25, -0.2) is 17.5 Å². The number of aromatic nitrogens is 4. The van der Waals surface area contributed by atoms with Crippen LogP contribution in [0.25, 0.3) is 0 Å². The Balaban J connectivity index is 1.67. The zero-order valence-electron chi connectivity index (χ0n) is 16.1. The Morgan fingerprint density at radius 3 is 2.50 bits per heavy atom. The van der Waals surface area contributed by atoms with E-state index < -0.39 is 21.4 Å². The standard InChI is InChI=1S/C18H25FN6O2S/c1-23(2)18(17-20-21-22-25(17)15-5-3-4-6-15)11-12-24(13-18)28(26,27)16-9-7-14(19)8-10-16/h7-10,15H,3-6,11-13H2,1-2H3. The molecular weight excluding hydrogens is 383 g/mol. The van der Waals surface area contributed by atoms with Gasteiger partial charge in [-0.2, -0.15) is 4.31 Å². The second-order valence-electron chi connectivity index (χ2n) is 7.85. The number of benzene rings is 1. The third-order valence-corrected chi connectivity index (χ3v) is 7.96. The number of hydrogen-bond donors (Lipinski definition) is 0. The zero-order chi connectivity index (χ0) is 19.9. The van der Waals surface area contributed by atoms with Gasteiger partial charge in [0.25, 0.3) is 0 Å². The maximum Gasteiger partial charge on any atom is 0.243 e. The van der Waals surface area contributed by atoms with Crippen molar-refractivity contribution in [1.29, 1.82) is 0 Å². The number of sulfonamides is 1. The predicted molar refractivity (Wildman–Crippen MR) is 100 cm³/mol. The van der Waals surface area contributed by atoms with Gasteiger partial charge < -0.3 is 0 Å². The van der Waals surface area contributed by atoms with Crippen LogP contribution in [-0.4, -0.2) is 65.0 Å². The van der Waals surface area contributed by atoms with Crippen molar-refractivity contribution >= 4 is 10.0 Å². The molecule has 1 saturated heterocycles. The van der Waals surface area contributed by atoms with Crippen LogP contribution in [0.4, 0.5) is 4.39 Å². The molecule has 0 spiro atoms. The minimum absolute atomic E-state index is 0.0961. The van der Waals surface area contributed by atoms with E-state index in [0.29, 0.717) is 13.0 Å². The number of nitrogens with zero attached hydrogens (tertiary/aromatic N) is 6. The predicted octanol–water partition coefficient (Wildman–Crippen LogP) is 1.78. The number of rotatable bonds is 5. The fourth-order valence-electron chi connectivity index (χ4n) is 4.36. The SMILES string of the molecule is CN(C)C1(c2nnnn2C2CCCC2)CCN(S(=O)(=O)c2ccc(F)cc2)C1. The fraction of sp³-hybridized carbons (Fsp3) is 0.611. The topological polar surface area (TPSA) is 84.2 Å². The summed E-state index contributed by atoms with van der Waals surface area (Å²) < 4.78 is 42.8. The normalized spacial score (nSPS) is 24.4. The van der Waals surface area contributed by atoms with E-state index in [-0.39, 0.29) is 17.5 Å². The molecule has 8 nitrogen and oxygen atoms in total. The lowest BCUT2D eigenvalue weighted by atomic mass is 9.95. The molecule has 10 heteroatoms. The molecule has 0 bridgehead atoms. The van der Waals surface area contributed by atoms with Gasteiger partial charge in [-0.05, 0) is 68.1 Å². The summed E-state index contributed by atoms with van der Waals surface area (Å²) in [5.41, 5.74) is -0.598. The van der Waals surface area contributed by atoms with Crippen LogP contribution in [0.1, 0.15) is 44.0 Å². The number of tetrazole rings is 1. The van der Waals surface area contributed by atoms with Crippen molar-refractivity contribution in [3.05, 3.63) is 35.9 Å². The van der Waals surface area contributed by atoms with Crippen molar-refractivity contribution in [2.45, 2.75) is 48.6 Å². The van der Waals surface area contributed by atoms with Crippen molar-refractivity contribution in [3.8, 4) is 0 Å². The van der Waals surface area contributed by atoms with Crippen molar-refractivity contribution in [2.75, 3.05) is 27.2 Å². The Morgan fingerprint density at radius 2 is 1.86 bits per heavy atom. The molecule has 0 radical (unpaired) electrons. The van der Waals surface area contributed by atoms with E-state index in [2.05, 4.69) is 15.5 Å². The lowest BCUT2D eigenvalue weighted by Crippen LogP contribution is -2.47. The van der Waals surface area contributed by atoms with Gasteiger partial charge in [0.2, 0.25) is 10.0 Å². The Bertz CT molecular complexity index is 939. The van der Waals surface area contributed by atoms with E-state index in [9.17, 15) is 12.8 Å². The van der Waals surface area contributed by atoms with Gasteiger partial charge in [0, 0.05) is 13.1 Å². The summed E-state index contributed by atoms with van der Waals surface area (Å²) in [5, 5.41) is 12.5. The summed E-state index contributed by atoms with van der Waals surface area (Å²) in [6, 6.07) is 5.22. The van der Waals surface area contributed by atoms with E-state index in [0.717, 1.165) is 31.5 Å². The Morgan fingerprint density at radius 1 is 1.18 bits per heavy atom. The molecule has 2 heterocycles. The number of hydrogen-bond acceptors (Lipinski definition) is 6. The molecule has 1 aromatic heterocycles. The van der Waals surface area contributed by atoms with E-state index in [1.165, 1.54) is 28.6 Å². The first-order valence-electron chi connectivity index (χ1n) is 9.56. The molecule has 1 unspecified atom stereocenters. The van der Waals surface area contributed by atoms with Crippen LogP contribution in [0.15, 0.2) is 29.2 Å². The van der Waals surface area contributed by atoms with E-state index >= 15 is 0 Å². The van der Waals surface area contributed by atoms with Gasteiger partial charge in [-0.1, -0.05) is 12.8 Å². The van der Waals surface area contributed by atoms with Crippen LogP contribution in [0.5, 0.6) is 0 Å². The summed E-state index contributed by atoms with van der Waals surface area (Å²) in [6.07, 6.45) is 4.99. The lowest BCUT2D eigenvalue weighted by molar-refractivity contribution is 0.144. The smallest absolute Gasteiger partial charge is 0.243 e. The molecule has 2 aliphatic rings. The molecule has 4 rings (SSSR count). The first-order chi connectivity index (χ1) is 13.3. The van der Waals surface area contributed by atoms with Crippen LogP contribution in [0, 0.1) is 5.82 Å². The quantitative estimate of drug-likeness (QED) is 0.750. The Kier molecular flexibility index (Phi) is 4.96. The second-order valence-corrected chi connectivity index (χ2v) is 9.79. The van der Waals surface area contributed by atoms with Crippen molar-refractivity contribution in [3.63, 3.8) is 0 Å². The second kappa shape index (κ2) is 7.16. The average molecular weight is 409 g/mol. The highest BCUT2D eigenvalue weighted by Gasteiger charge is 2.49. The van der Waals surface area contributed by atoms with E-state index in [4.69, 9.17) is 0 Å². The summed E-state index contributed by atoms with van der Waals surface area (Å²) in [5.74, 6) is 0.264. The van der Waals surface area contributed by atoms with Gasteiger partial charge >= 0.3 is 0 Å². The summed E-state index contributed by atoms with van der Waals surface area (Å²) in [6.45, 7) is 0.613. The fourth-order valence-corrected chi connectivity index (χ4v) is 5.86. The number of halogens is 1. The molecule has 1 aliphatic carbocycles. The molecule has 28 heavy (non-hydrogen) atoms. The molecule has 2 aromatic rings. The third kappa shape index (κ3) is 3.13. The molecule has 1 aromatic carbocycles. The third-order valence-electron chi connectivity index (χ3n) is 6.10. The molecule has 0 N–H and O–H groups in total. The van der Waals surface area contributed by atoms with Gasteiger partial charge in [-0.15, -0.1) is 5.10 Å². The first-order valence-corrected chi connectivity index (χ1v) is 11.0. The van der Waals surface area contributed by atoms with Crippen LogP contribution in [-0.2, 0) is 15.6 Å². The highest BCUT2D eigenvalue weighted by atomic mass is 32.2. The molecule has 2 fully saturated rings. The van der Waals surface area contributed by atoms with Gasteiger partial charge in [0.1, 0.15) is 5.82 Å². The molecule has 0 amide bonds.